The predicted octanol–water partition coefficient (Wildman–Crippen LogP) is 13.8. The van der Waals surface area contributed by atoms with Gasteiger partial charge in [0.1, 0.15) is 11.2 Å². The number of fused-ring (bicyclic) bond motifs is 7. The van der Waals surface area contributed by atoms with Crippen LogP contribution in [-0.2, 0) is 0 Å². The van der Waals surface area contributed by atoms with Crippen LogP contribution in [0.15, 0.2) is 192 Å². The summed E-state index contributed by atoms with van der Waals surface area (Å²) in [5.41, 5.74) is 9.98. The van der Waals surface area contributed by atoms with E-state index in [1.165, 1.54) is 49.2 Å². The summed E-state index contributed by atoms with van der Waals surface area (Å²) in [5, 5.41) is 9.49. The highest BCUT2D eigenvalue weighted by atomic mass is 16.3. The van der Waals surface area contributed by atoms with Crippen LogP contribution in [0.3, 0.4) is 0 Å². The Balaban J connectivity index is 1.21. The molecular formula is C48H31NO. The Morgan fingerprint density at radius 2 is 0.940 bits per heavy atom. The van der Waals surface area contributed by atoms with Crippen molar-refractivity contribution in [1.29, 1.82) is 0 Å². The summed E-state index contributed by atoms with van der Waals surface area (Å²) in [7, 11) is 0. The third-order valence-electron chi connectivity index (χ3n) is 10.0. The molecule has 50 heavy (non-hydrogen) atoms. The largest absolute Gasteiger partial charge is 0.456 e. The van der Waals surface area contributed by atoms with Crippen molar-refractivity contribution in [3.05, 3.63) is 188 Å². The van der Waals surface area contributed by atoms with Crippen LogP contribution in [-0.4, -0.2) is 0 Å². The molecule has 234 valence electrons. The van der Waals surface area contributed by atoms with Crippen molar-refractivity contribution < 1.29 is 4.42 Å². The number of benzene rings is 9. The zero-order chi connectivity index (χ0) is 33.0. The molecule has 1 heterocycles. The SMILES string of the molecule is c1ccc(-c2ccccc2-c2cccc(N(c3ccc4ccc5cc6oc7ccccc7c6cc5c4c3)c3cccc4ccccc34)c2)cc1. The van der Waals surface area contributed by atoms with E-state index in [-0.39, 0.29) is 0 Å². The number of para-hydroxylation sites is 1. The highest BCUT2D eigenvalue weighted by Gasteiger charge is 2.18. The van der Waals surface area contributed by atoms with Crippen LogP contribution in [0, 0.1) is 0 Å². The van der Waals surface area contributed by atoms with Gasteiger partial charge in [-0.15, -0.1) is 0 Å². The summed E-state index contributed by atoms with van der Waals surface area (Å²) >= 11 is 0. The minimum atomic E-state index is 0.915. The molecule has 9 aromatic carbocycles. The summed E-state index contributed by atoms with van der Waals surface area (Å²) in [5.74, 6) is 0. The lowest BCUT2D eigenvalue weighted by molar-refractivity contribution is 0.669. The average Bonchev–Trinajstić information content (AvgIpc) is 3.55. The van der Waals surface area contributed by atoms with Crippen molar-refractivity contribution in [2.75, 3.05) is 4.90 Å². The van der Waals surface area contributed by atoms with Gasteiger partial charge in [0.15, 0.2) is 0 Å². The quantitative estimate of drug-likeness (QED) is 0.175. The first-order valence-electron chi connectivity index (χ1n) is 17.1. The standard InChI is InChI=1S/C48H31NO/c1-2-12-32(13-3-1)39-18-6-7-19-40(39)35-16-10-17-37(28-35)49(46-22-11-15-33-14-4-5-20-41(33)46)38-27-26-34-24-25-36-29-48-45(31-44(36)43(34)30-38)42-21-8-9-23-47(42)50-48/h1-31H. The minimum absolute atomic E-state index is 0.915. The number of nitrogens with zero attached hydrogens (tertiary/aromatic N) is 1. The molecule has 0 aliphatic rings. The van der Waals surface area contributed by atoms with Gasteiger partial charge >= 0.3 is 0 Å². The average molecular weight is 638 g/mol. The van der Waals surface area contributed by atoms with Crippen molar-refractivity contribution in [3.8, 4) is 22.3 Å². The van der Waals surface area contributed by atoms with E-state index in [4.69, 9.17) is 4.42 Å². The number of hydrogen-bond donors (Lipinski definition) is 0. The zero-order valence-electron chi connectivity index (χ0n) is 27.3. The Hall–Kier alpha value is -6.64. The molecular weight excluding hydrogens is 607 g/mol. The molecule has 10 aromatic rings. The van der Waals surface area contributed by atoms with Crippen molar-refractivity contribution >= 4 is 71.3 Å². The second kappa shape index (κ2) is 11.5. The zero-order valence-corrected chi connectivity index (χ0v) is 27.3. The van der Waals surface area contributed by atoms with E-state index in [0.717, 1.165) is 44.4 Å². The summed E-state index contributed by atoms with van der Waals surface area (Å²) in [6, 6.07) is 67.7. The molecule has 10 rings (SSSR count). The van der Waals surface area contributed by atoms with Gasteiger partial charge in [-0.2, -0.15) is 0 Å². The molecule has 0 aliphatic heterocycles. The van der Waals surface area contributed by atoms with E-state index in [9.17, 15) is 0 Å². The Bertz CT molecular complexity index is 2880. The van der Waals surface area contributed by atoms with Gasteiger partial charge in [0.2, 0.25) is 0 Å². The fourth-order valence-electron chi connectivity index (χ4n) is 7.65. The number of furan rings is 1. The molecule has 0 saturated heterocycles. The lowest BCUT2D eigenvalue weighted by Crippen LogP contribution is -2.10. The van der Waals surface area contributed by atoms with Gasteiger partial charge in [-0.25, -0.2) is 0 Å². The second-order valence-electron chi connectivity index (χ2n) is 12.9. The van der Waals surface area contributed by atoms with Crippen LogP contribution < -0.4 is 4.90 Å². The third kappa shape index (κ3) is 4.65. The van der Waals surface area contributed by atoms with Gasteiger partial charge in [-0.05, 0) is 97.7 Å². The summed E-state index contributed by atoms with van der Waals surface area (Å²) in [4.78, 5) is 2.42. The fourth-order valence-corrected chi connectivity index (χ4v) is 7.65. The first-order valence-corrected chi connectivity index (χ1v) is 17.1. The Kier molecular flexibility index (Phi) is 6.53. The second-order valence-corrected chi connectivity index (χ2v) is 12.9. The first-order chi connectivity index (χ1) is 24.8. The summed E-state index contributed by atoms with van der Waals surface area (Å²) < 4.78 is 6.27. The molecule has 0 radical (unpaired) electrons. The van der Waals surface area contributed by atoms with E-state index >= 15 is 0 Å². The maximum absolute atomic E-state index is 6.27. The smallest absolute Gasteiger partial charge is 0.136 e. The maximum Gasteiger partial charge on any atom is 0.136 e. The van der Waals surface area contributed by atoms with Gasteiger partial charge in [-0.3, -0.25) is 0 Å². The Morgan fingerprint density at radius 3 is 1.84 bits per heavy atom. The monoisotopic (exact) mass is 637 g/mol. The number of anilines is 3. The van der Waals surface area contributed by atoms with Gasteiger partial charge in [0.25, 0.3) is 0 Å². The molecule has 0 N–H and O–H groups in total. The van der Waals surface area contributed by atoms with Crippen molar-refractivity contribution in [2.45, 2.75) is 0 Å². The molecule has 0 spiro atoms. The van der Waals surface area contributed by atoms with Crippen molar-refractivity contribution in [2.24, 2.45) is 0 Å². The van der Waals surface area contributed by atoms with E-state index in [0.29, 0.717) is 0 Å². The van der Waals surface area contributed by atoms with Crippen molar-refractivity contribution in [3.63, 3.8) is 0 Å². The fraction of sp³-hybridized carbons (Fsp3) is 0. The third-order valence-corrected chi connectivity index (χ3v) is 10.0. The van der Waals surface area contributed by atoms with Crippen LogP contribution in [0.4, 0.5) is 17.1 Å². The van der Waals surface area contributed by atoms with E-state index in [1.807, 2.05) is 12.1 Å². The molecule has 1 aromatic heterocycles. The highest BCUT2D eigenvalue weighted by molar-refractivity contribution is 6.17. The molecule has 2 heteroatoms. The number of hydrogen-bond acceptors (Lipinski definition) is 2. The van der Waals surface area contributed by atoms with Gasteiger partial charge in [-0.1, -0.05) is 140 Å². The van der Waals surface area contributed by atoms with Crippen molar-refractivity contribution in [1.82, 2.24) is 0 Å². The minimum Gasteiger partial charge on any atom is -0.456 e. The topological polar surface area (TPSA) is 16.4 Å². The van der Waals surface area contributed by atoms with Gasteiger partial charge in [0.05, 0.1) is 5.69 Å². The van der Waals surface area contributed by atoms with E-state index in [2.05, 4.69) is 181 Å². The maximum atomic E-state index is 6.27. The van der Waals surface area contributed by atoms with E-state index < -0.39 is 0 Å². The lowest BCUT2D eigenvalue weighted by atomic mass is 9.94. The van der Waals surface area contributed by atoms with E-state index in [1.54, 1.807) is 0 Å². The molecule has 0 aliphatic carbocycles. The lowest BCUT2D eigenvalue weighted by Gasteiger charge is -2.28. The Labute approximate surface area is 290 Å². The highest BCUT2D eigenvalue weighted by Crippen LogP contribution is 2.43. The van der Waals surface area contributed by atoms with Crippen LogP contribution in [0.5, 0.6) is 0 Å². The molecule has 0 fully saturated rings. The normalized spacial score (nSPS) is 11.6. The summed E-state index contributed by atoms with van der Waals surface area (Å²) in [6.07, 6.45) is 0. The van der Waals surface area contributed by atoms with Crippen LogP contribution in [0.2, 0.25) is 0 Å². The number of rotatable bonds is 5. The molecule has 0 bridgehead atoms. The molecule has 0 amide bonds. The van der Waals surface area contributed by atoms with Crippen LogP contribution >= 0.6 is 0 Å². The predicted molar refractivity (Wildman–Crippen MR) is 212 cm³/mol. The van der Waals surface area contributed by atoms with Crippen LogP contribution in [0.25, 0.3) is 76.5 Å². The van der Waals surface area contributed by atoms with Gasteiger partial charge in [0, 0.05) is 27.5 Å². The molecule has 0 unspecified atom stereocenters. The van der Waals surface area contributed by atoms with Crippen LogP contribution in [0.1, 0.15) is 0 Å². The van der Waals surface area contributed by atoms with Gasteiger partial charge < -0.3 is 9.32 Å². The molecule has 2 nitrogen and oxygen atoms in total. The summed E-state index contributed by atoms with van der Waals surface area (Å²) in [6.45, 7) is 0. The first kappa shape index (κ1) is 28.4. The molecule has 0 saturated carbocycles. The Morgan fingerprint density at radius 1 is 0.320 bits per heavy atom. The molecule has 0 atom stereocenters.